The molecule has 76 valence electrons. The molecule has 1 saturated carbocycles. The summed E-state index contributed by atoms with van der Waals surface area (Å²) < 4.78 is 5.39. The molecule has 2 heteroatoms. The third kappa shape index (κ3) is 2.02. The van der Waals surface area contributed by atoms with Crippen molar-refractivity contribution in [2.45, 2.75) is 38.0 Å². The Kier molecular flexibility index (Phi) is 3.15. The van der Waals surface area contributed by atoms with E-state index in [0.717, 1.165) is 31.0 Å². The Labute approximate surface area is 85.8 Å². The smallest absolute Gasteiger partial charge is 0.0468 e. The highest BCUT2D eigenvalue weighted by Gasteiger charge is 2.36. The van der Waals surface area contributed by atoms with Crippen molar-refractivity contribution in [3.05, 3.63) is 0 Å². The predicted molar refractivity (Wildman–Crippen MR) is 55.1 cm³/mol. The molecule has 3 unspecified atom stereocenters. The third-order valence-electron chi connectivity index (χ3n) is 3.89. The van der Waals surface area contributed by atoms with Gasteiger partial charge in [0.25, 0.3) is 0 Å². The summed E-state index contributed by atoms with van der Waals surface area (Å²) in [5.74, 6) is 2.50. The van der Waals surface area contributed by atoms with Crippen molar-refractivity contribution >= 4 is 11.6 Å². The lowest BCUT2D eigenvalue weighted by molar-refractivity contribution is 0.0407. The predicted octanol–water partition coefficient (Wildman–Crippen LogP) is 3.07. The molecule has 2 rings (SSSR count). The molecule has 0 spiro atoms. The van der Waals surface area contributed by atoms with Gasteiger partial charge in [-0.15, -0.1) is 11.6 Å². The van der Waals surface area contributed by atoms with Gasteiger partial charge < -0.3 is 4.74 Å². The number of alkyl halides is 1. The minimum Gasteiger partial charge on any atom is -0.381 e. The average molecular weight is 203 g/mol. The van der Waals surface area contributed by atoms with E-state index in [9.17, 15) is 0 Å². The Morgan fingerprint density at radius 2 is 1.77 bits per heavy atom. The fourth-order valence-electron chi connectivity index (χ4n) is 2.95. The molecule has 1 nitrogen and oxygen atoms in total. The molecule has 1 heterocycles. The van der Waals surface area contributed by atoms with Gasteiger partial charge in [-0.3, -0.25) is 0 Å². The van der Waals surface area contributed by atoms with E-state index in [4.69, 9.17) is 16.3 Å². The first-order valence-corrected chi connectivity index (χ1v) is 5.94. The van der Waals surface area contributed by atoms with Crippen molar-refractivity contribution in [2.24, 2.45) is 17.8 Å². The molecule has 13 heavy (non-hydrogen) atoms. The zero-order valence-corrected chi connectivity index (χ0v) is 9.09. The zero-order valence-electron chi connectivity index (χ0n) is 8.34. The van der Waals surface area contributed by atoms with Crippen molar-refractivity contribution in [3.8, 4) is 0 Å². The first-order chi connectivity index (χ1) is 6.29. The maximum Gasteiger partial charge on any atom is 0.0468 e. The maximum atomic E-state index is 6.25. The van der Waals surface area contributed by atoms with Crippen LogP contribution in [0.25, 0.3) is 0 Å². The molecule has 0 N–H and O–H groups in total. The van der Waals surface area contributed by atoms with Crippen LogP contribution in [0.5, 0.6) is 0 Å². The molecule has 0 aromatic rings. The second kappa shape index (κ2) is 4.18. The van der Waals surface area contributed by atoms with Crippen molar-refractivity contribution in [2.75, 3.05) is 13.2 Å². The van der Waals surface area contributed by atoms with Crippen LogP contribution in [-0.4, -0.2) is 18.6 Å². The largest absolute Gasteiger partial charge is 0.381 e. The topological polar surface area (TPSA) is 9.23 Å². The molecular formula is C11H19ClO. The summed E-state index contributed by atoms with van der Waals surface area (Å²) in [5, 5.41) is 0.438. The fraction of sp³-hybridized carbons (Fsp3) is 1.00. The highest BCUT2D eigenvalue weighted by atomic mass is 35.5. The third-order valence-corrected chi connectivity index (χ3v) is 4.51. The lowest BCUT2D eigenvalue weighted by Gasteiger charge is -2.30. The molecule has 0 amide bonds. The van der Waals surface area contributed by atoms with Crippen LogP contribution < -0.4 is 0 Å². The molecule has 1 aliphatic carbocycles. The summed E-state index contributed by atoms with van der Waals surface area (Å²) in [6.45, 7) is 4.27. The number of halogens is 1. The van der Waals surface area contributed by atoms with Gasteiger partial charge in [0.05, 0.1) is 0 Å². The van der Waals surface area contributed by atoms with Crippen LogP contribution in [-0.2, 0) is 4.74 Å². The summed E-state index contributed by atoms with van der Waals surface area (Å²) in [6.07, 6.45) is 5.10. The second-order valence-corrected chi connectivity index (χ2v) is 5.13. The standard InChI is InChI=1S/C11H19ClO/c1-8-10(2-3-11(8)12)9-4-6-13-7-5-9/h8-11H,2-7H2,1H3. The Morgan fingerprint density at radius 1 is 1.08 bits per heavy atom. The maximum absolute atomic E-state index is 6.25. The van der Waals surface area contributed by atoms with Gasteiger partial charge >= 0.3 is 0 Å². The molecule has 0 aromatic carbocycles. The van der Waals surface area contributed by atoms with Crippen molar-refractivity contribution in [3.63, 3.8) is 0 Å². The SMILES string of the molecule is CC1C(Cl)CCC1C1CCOCC1. The van der Waals surface area contributed by atoms with E-state index in [1.807, 2.05) is 0 Å². The van der Waals surface area contributed by atoms with Gasteiger partial charge in [0.15, 0.2) is 0 Å². The summed E-state index contributed by atoms with van der Waals surface area (Å²) in [4.78, 5) is 0. The highest BCUT2D eigenvalue weighted by Crippen LogP contribution is 2.42. The highest BCUT2D eigenvalue weighted by molar-refractivity contribution is 6.20. The zero-order chi connectivity index (χ0) is 9.26. The Morgan fingerprint density at radius 3 is 2.31 bits per heavy atom. The molecule has 2 aliphatic rings. The molecule has 1 aliphatic heterocycles. The minimum absolute atomic E-state index is 0.438. The number of rotatable bonds is 1. The van der Waals surface area contributed by atoms with Gasteiger partial charge in [0, 0.05) is 18.6 Å². The van der Waals surface area contributed by atoms with Crippen molar-refractivity contribution in [1.29, 1.82) is 0 Å². The van der Waals surface area contributed by atoms with Crippen LogP contribution in [0.2, 0.25) is 0 Å². The Balaban J connectivity index is 1.92. The molecular weight excluding hydrogens is 184 g/mol. The van der Waals surface area contributed by atoms with E-state index in [2.05, 4.69) is 6.92 Å². The lowest BCUT2D eigenvalue weighted by atomic mass is 9.80. The van der Waals surface area contributed by atoms with Crippen LogP contribution in [0.1, 0.15) is 32.6 Å². The van der Waals surface area contributed by atoms with Gasteiger partial charge in [0.1, 0.15) is 0 Å². The summed E-state index contributed by atoms with van der Waals surface area (Å²) in [6, 6.07) is 0. The summed E-state index contributed by atoms with van der Waals surface area (Å²) in [7, 11) is 0. The summed E-state index contributed by atoms with van der Waals surface area (Å²) >= 11 is 6.25. The molecule has 0 bridgehead atoms. The van der Waals surface area contributed by atoms with Gasteiger partial charge in [-0.2, -0.15) is 0 Å². The van der Waals surface area contributed by atoms with Crippen molar-refractivity contribution in [1.82, 2.24) is 0 Å². The number of ether oxygens (including phenoxy) is 1. The Hall–Kier alpha value is 0.250. The normalized spacial score (nSPS) is 42.5. The van der Waals surface area contributed by atoms with Crippen molar-refractivity contribution < 1.29 is 4.74 Å². The lowest BCUT2D eigenvalue weighted by Crippen LogP contribution is -2.26. The number of hydrogen-bond donors (Lipinski definition) is 0. The van der Waals surface area contributed by atoms with Crippen LogP contribution in [0, 0.1) is 17.8 Å². The van der Waals surface area contributed by atoms with E-state index in [-0.39, 0.29) is 0 Å². The van der Waals surface area contributed by atoms with Crippen LogP contribution >= 0.6 is 11.6 Å². The minimum atomic E-state index is 0.438. The van der Waals surface area contributed by atoms with E-state index >= 15 is 0 Å². The molecule has 3 atom stereocenters. The van der Waals surface area contributed by atoms with Gasteiger partial charge in [-0.1, -0.05) is 6.92 Å². The monoisotopic (exact) mass is 202 g/mol. The molecule has 0 radical (unpaired) electrons. The van der Waals surface area contributed by atoms with Crippen LogP contribution in [0.3, 0.4) is 0 Å². The van der Waals surface area contributed by atoms with Crippen LogP contribution in [0.4, 0.5) is 0 Å². The average Bonchev–Trinajstić information content (AvgIpc) is 2.49. The van der Waals surface area contributed by atoms with E-state index in [0.29, 0.717) is 5.38 Å². The molecule has 2 fully saturated rings. The first-order valence-electron chi connectivity index (χ1n) is 5.51. The van der Waals surface area contributed by atoms with Gasteiger partial charge in [-0.05, 0) is 43.4 Å². The van der Waals surface area contributed by atoms with E-state index in [1.165, 1.54) is 25.7 Å². The second-order valence-electron chi connectivity index (χ2n) is 4.57. The fourth-order valence-corrected chi connectivity index (χ4v) is 3.27. The van der Waals surface area contributed by atoms with E-state index in [1.54, 1.807) is 0 Å². The molecule has 0 aromatic heterocycles. The van der Waals surface area contributed by atoms with Gasteiger partial charge in [0.2, 0.25) is 0 Å². The van der Waals surface area contributed by atoms with Gasteiger partial charge in [-0.25, -0.2) is 0 Å². The van der Waals surface area contributed by atoms with Crippen LogP contribution in [0.15, 0.2) is 0 Å². The van der Waals surface area contributed by atoms with E-state index < -0.39 is 0 Å². The first kappa shape index (κ1) is 9.79. The summed E-state index contributed by atoms with van der Waals surface area (Å²) in [5.41, 5.74) is 0. The Bertz CT molecular complexity index is 165. The quantitative estimate of drug-likeness (QED) is 0.594. The molecule has 1 saturated heterocycles. The number of hydrogen-bond acceptors (Lipinski definition) is 1.